The van der Waals surface area contributed by atoms with Crippen molar-refractivity contribution in [1.82, 2.24) is 15.0 Å². The second-order valence-corrected chi connectivity index (χ2v) is 7.92. The predicted molar refractivity (Wildman–Crippen MR) is 119 cm³/mol. The summed E-state index contributed by atoms with van der Waals surface area (Å²) in [6.45, 7) is 7.38. The van der Waals surface area contributed by atoms with Crippen molar-refractivity contribution in [3.8, 4) is 11.3 Å². The van der Waals surface area contributed by atoms with Crippen LogP contribution in [-0.4, -0.2) is 33.9 Å². The summed E-state index contributed by atoms with van der Waals surface area (Å²) in [5, 5.41) is 5.77. The minimum atomic E-state index is -0.394. The Hall–Kier alpha value is -3.52. The van der Waals surface area contributed by atoms with Gasteiger partial charge in [0.25, 0.3) is 11.5 Å². The number of H-pyrrole nitrogens is 1. The van der Waals surface area contributed by atoms with Crippen molar-refractivity contribution < 1.29 is 4.79 Å². The zero-order chi connectivity index (χ0) is 21.7. The summed E-state index contributed by atoms with van der Waals surface area (Å²) in [7, 11) is 0. The monoisotopic (exact) mass is 406 g/mol. The molecule has 0 fully saturated rings. The second-order valence-electron chi connectivity index (χ2n) is 7.92. The predicted octanol–water partition coefficient (Wildman–Crippen LogP) is 2.75. The number of nitrogens with one attached hydrogen (secondary N) is 3. The highest BCUT2D eigenvalue weighted by Gasteiger charge is 2.15. The van der Waals surface area contributed by atoms with Crippen molar-refractivity contribution in [1.29, 1.82) is 0 Å². The Morgan fingerprint density at radius 1 is 1.13 bits per heavy atom. The van der Waals surface area contributed by atoms with Gasteiger partial charge in [-0.05, 0) is 29.2 Å². The number of nitrogens with zero attached hydrogens (tertiary/aromatic N) is 2. The molecule has 8 nitrogen and oxygen atoms in total. The van der Waals surface area contributed by atoms with Crippen molar-refractivity contribution in [3.05, 3.63) is 70.4 Å². The first-order chi connectivity index (χ1) is 14.3. The molecule has 3 aromatic rings. The quantitative estimate of drug-likeness (QED) is 0.499. The number of anilines is 2. The lowest BCUT2D eigenvalue weighted by Crippen LogP contribution is -2.20. The summed E-state index contributed by atoms with van der Waals surface area (Å²) >= 11 is 0. The lowest BCUT2D eigenvalue weighted by Gasteiger charge is -2.19. The Balaban J connectivity index is 1.82. The third-order valence-electron chi connectivity index (χ3n) is 4.58. The number of carbonyl (C=O) groups excluding carboxylic acids is 1. The van der Waals surface area contributed by atoms with Crippen molar-refractivity contribution in [2.75, 3.05) is 23.7 Å². The van der Waals surface area contributed by atoms with Gasteiger partial charge in [-0.3, -0.25) is 9.59 Å². The van der Waals surface area contributed by atoms with Crippen LogP contribution in [0.1, 0.15) is 36.7 Å². The number of hydrogen-bond donors (Lipinski definition) is 4. The average Bonchev–Trinajstić information content (AvgIpc) is 2.73. The molecule has 30 heavy (non-hydrogen) atoms. The number of rotatable bonds is 6. The Morgan fingerprint density at radius 3 is 2.53 bits per heavy atom. The fourth-order valence-electron chi connectivity index (χ4n) is 2.85. The Labute approximate surface area is 175 Å². The van der Waals surface area contributed by atoms with Crippen molar-refractivity contribution >= 4 is 17.4 Å². The second kappa shape index (κ2) is 8.87. The minimum absolute atomic E-state index is 0.00408. The van der Waals surface area contributed by atoms with Crippen LogP contribution in [0.2, 0.25) is 0 Å². The van der Waals surface area contributed by atoms with Crippen LogP contribution in [0.3, 0.4) is 0 Å². The standard InChI is InChI=1S/C22H26N6O2/c1-22(2,3)16-6-4-14(5-7-16)20(29)28-18-10-15(12-25-21(18)30)17-11-19(24-9-8-23)27-13-26-17/h4-7,10-13H,8-9,23H2,1-3H3,(H,25,30)(H,28,29)(H,24,26,27). The van der Waals surface area contributed by atoms with Gasteiger partial charge in [0, 0.05) is 36.5 Å². The van der Waals surface area contributed by atoms with Crippen molar-refractivity contribution in [2.45, 2.75) is 26.2 Å². The topological polar surface area (TPSA) is 126 Å². The van der Waals surface area contributed by atoms with Crippen LogP contribution in [0.4, 0.5) is 11.5 Å². The van der Waals surface area contributed by atoms with Gasteiger partial charge in [-0.1, -0.05) is 32.9 Å². The average molecular weight is 406 g/mol. The maximum atomic E-state index is 12.6. The number of benzene rings is 1. The van der Waals surface area contributed by atoms with Gasteiger partial charge in [-0.15, -0.1) is 0 Å². The molecule has 0 saturated carbocycles. The molecule has 2 aromatic heterocycles. The minimum Gasteiger partial charge on any atom is -0.369 e. The molecule has 0 aliphatic carbocycles. The zero-order valence-electron chi connectivity index (χ0n) is 17.3. The Kier molecular flexibility index (Phi) is 6.27. The summed E-state index contributed by atoms with van der Waals surface area (Å²) in [6, 6.07) is 10.7. The lowest BCUT2D eigenvalue weighted by molar-refractivity contribution is 0.102. The van der Waals surface area contributed by atoms with E-state index < -0.39 is 5.56 Å². The van der Waals surface area contributed by atoms with E-state index in [2.05, 4.69) is 46.4 Å². The summed E-state index contributed by atoms with van der Waals surface area (Å²) < 4.78 is 0. The maximum Gasteiger partial charge on any atom is 0.271 e. The number of amides is 1. The van der Waals surface area contributed by atoms with E-state index in [1.165, 1.54) is 6.33 Å². The number of pyridine rings is 1. The molecule has 0 radical (unpaired) electrons. The Morgan fingerprint density at radius 2 is 1.87 bits per heavy atom. The molecule has 1 aromatic carbocycles. The van der Waals surface area contributed by atoms with Gasteiger partial charge in [0.15, 0.2) is 0 Å². The van der Waals surface area contributed by atoms with E-state index in [0.29, 0.717) is 35.7 Å². The van der Waals surface area contributed by atoms with Gasteiger partial charge >= 0.3 is 0 Å². The number of carbonyl (C=O) groups is 1. The molecule has 0 unspecified atom stereocenters. The van der Waals surface area contributed by atoms with Gasteiger partial charge in [-0.2, -0.15) is 0 Å². The van der Waals surface area contributed by atoms with E-state index in [-0.39, 0.29) is 17.0 Å². The van der Waals surface area contributed by atoms with E-state index in [1.54, 1.807) is 30.5 Å². The molecule has 0 spiro atoms. The first-order valence-electron chi connectivity index (χ1n) is 9.69. The summed E-state index contributed by atoms with van der Waals surface area (Å²) in [5.74, 6) is 0.271. The number of nitrogens with two attached hydrogens (primary N) is 1. The van der Waals surface area contributed by atoms with Crippen LogP contribution in [0.15, 0.2) is 53.7 Å². The molecule has 3 rings (SSSR count). The van der Waals surface area contributed by atoms with Gasteiger partial charge < -0.3 is 21.4 Å². The van der Waals surface area contributed by atoms with Gasteiger partial charge in [-0.25, -0.2) is 9.97 Å². The van der Waals surface area contributed by atoms with E-state index in [9.17, 15) is 9.59 Å². The largest absolute Gasteiger partial charge is 0.369 e. The van der Waals surface area contributed by atoms with Crippen molar-refractivity contribution in [3.63, 3.8) is 0 Å². The number of aromatic nitrogens is 3. The molecular formula is C22H26N6O2. The molecular weight excluding hydrogens is 380 g/mol. The summed E-state index contributed by atoms with van der Waals surface area (Å²) in [4.78, 5) is 35.9. The number of aromatic amines is 1. The first-order valence-corrected chi connectivity index (χ1v) is 9.69. The summed E-state index contributed by atoms with van der Waals surface area (Å²) in [6.07, 6.45) is 2.97. The fourth-order valence-corrected chi connectivity index (χ4v) is 2.85. The molecule has 0 aliphatic heterocycles. The zero-order valence-corrected chi connectivity index (χ0v) is 17.3. The third-order valence-corrected chi connectivity index (χ3v) is 4.58. The van der Waals surface area contributed by atoms with Crippen LogP contribution >= 0.6 is 0 Å². The van der Waals surface area contributed by atoms with Crippen LogP contribution < -0.4 is 21.9 Å². The highest BCUT2D eigenvalue weighted by molar-refractivity contribution is 6.04. The molecule has 5 N–H and O–H groups in total. The normalized spacial score (nSPS) is 11.2. The van der Waals surface area contributed by atoms with Gasteiger partial charge in [0.1, 0.15) is 17.8 Å². The maximum absolute atomic E-state index is 12.6. The van der Waals surface area contributed by atoms with Crippen LogP contribution in [0.5, 0.6) is 0 Å². The molecule has 0 bridgehead atoms. The molecule has 1 amide bonds. The van der Waals surface area contributed by atoms with Gasteiger partial charge in [0.2, 0.25) is 0 Å². The van der Waals surface area contributed by atoms with Crippen LogP contribution in [0, 0.1) is 0 Å². The highest BCUT2D eigenvalue weighted by atomic mass is 16.2. The first kappa shape index (κ1) is 21.2. The molecule has 0 saturated heterocycles. The van der Waals surface area contributed by atoms with Gasteiger partial charge in [0.05, 0.1) is 5.69 Å². The number of hydrogen-bond acceptors (Lipinski definition) is 6. The van der Waals surface area contributed by atoms with Crippen molar-refractivity contribution in [2.24, 2.45) is 5.73 Å². The fraction of sp³-hybridized carbons (Fsp3) is 0.273. The van der Waals surface area contributed by atoms with Crippen LogP contribution in [-0.2, 0) is 5.41 Å². The highest BCUT2D eigenvalue weighted by Crippen LogP contribution is 2.23. The van der Waals surface area contributed by atoms with E-state index in [4.69, 9.17) is 5.73 Å². The van der Waals surface area contributed by atoms with E-state index in [1.807, 2.05) is 12.1 Å². The lowest BCUT2D eigenvalue weighted by atomic mass is 9.87. The summed E-state index contributed by atoms with van der Waals surface area (Å²) in [5.41, 5.74) is 8.10. The van der Waals surface area contributed by atoms with E-state index >= 15 is 0 Å². The molecule has 156 valence electrons. The SMILES string of the molecule is CC(C)(C)c1ccc(C(=O)Nc2cc(-c3cc(NCCN)ncn3)c[nH]c2=O)cc1. The molecule has 8 heteroatoms. The molecule has 2 heterocycles. The third kappa shape index (κ3) is 5.09. The Bertz CT molecular complexity index is 1080. The smallest absolute Gasteiger partial charge is 0.271 e. The molecule has 0 aliphatic rings. The van der Waals surface area contributed by atoms with E-state index in [0.717, 1.165) is 5.56 Å². The molecule has 0 atom stereocenters. The van der Waals surface area contributed by atoms with Crippen LogP contribution in [0.25, 0.3) is 11.3 Å².